The van der Waals surface area contributed by atoms with E-state index in [-0.39, 0.29) is 25.2 Å². The molecule has 0 aromatic heterocycles. The molecule has 1 unspecified atom stereocenters. The summed E-state index contributed by atoms with van der Waals surface area (Å²) in [5.74, 6) is -2.36. The van der Waals surface area contributed by atoms with Crippen molar-refractivity contribution >= 4 is 46.4 Å². The van der Waals surface area contributed by atoms with E-state index in [2.05, 4.69) is 13.2 Å². The number of piperazine rings is 1. The third-order valence-corrected chi connectivity index (χ3v) is 6.39. The molecule has 0 radical (unpaired) electrons. The number of nitro groups is 1. The van der Waals surface area contributed by atoms with Crippen LogP contribution in [0.5, 0.6) is 0 Å². The molecule has 10 nitrogen and oxygen atoms in total. The second-order valence-corrected chi connectivity index (χ2v) is 10.7. The Bertz CT molecular complexity index is 1290. The number of ether oxygens (including phenoxy) is 1. The molecule has 1 atom stereocenters. The van der Waals surface area contributed by atoms with Crippen LogP contribution in [0.2, 0.25) is 5.02 Å². The van der Waals surface area contributed by atoms with Crippen molar-refractivity contribution in [1.82, 2.24) is 4.90 Å². The van der Waals surface area contributed by atoms with Crippen molar-refractivity contribution in [3.63, 3.8) is 0 Å². The lowest BCUT2D eigenvalue weighted by atomic mass is 10.0. The van der Waals surface area contributed by atoms with Crippen LogP contribution in [0.15, 0.2) is 67.8 Å². The van der Waals surface area contributed by atoms with Crippen molar-refractivity contribution in [3.05, 3.63) is 88.5 Å². The highest BCUT2D eigenvalue weighted by Gasteiger charge is 2.42. The zero-order valence-electron chi connectivity index (χ0n) is 22.8. The van der Waals surface area contributed by atoms with E-state index in [1.165, 1.54) is 34.1 Å². The normalized spacial score (nSPS) is 14.5. The summed E-state index contributed by atoms with van der Waals surface area (Å²) >= 11 is 6.29. The van der Waals surface area contributed by atoms with Crippen LogP contribution in [0.1, 0.15) is 26.3 Å². The number of nitro benzene ring substituents is 1. The van der Waals surface area contributed by atoms with Gasteiger partial charge >= 0.3 is 17.8 Å². The second kappa shape index (κ2) is 12.8. The quantitative estimate of drug-likeness (QED) is 0.128. The van der Waals surface area contributed by atoms with Crippen molar-refractivity contribution in [2.45, 2.75) is 38.8 Å². The van der Waals surface area contributed by atoms with E-state index in [9.17, 15) is 24.5 Å². The highest BCUT2D eigenvalue weighted by Crippen LogP contribution is 2.34. The smallest absolute Gasteiger partial charge is 0.329 e. The number of amides is 2. The Morgan fingerprint density at radius 2 is 1.73 bits per heavy atom. The molecular formula is C29H33ClN4O6. The number of carbonyl (C=O) groups excluding carboxylic acids is 3. The molecule has 40 heavy (non-hydrogen) atoms. The molecule has 0 aliphatic carbocycles. The minimum Gasteiger partial charge on any atom is -0.458 e. The maximum Gasteiger partial charge on any atom is 0.329 e. The van der Waals surface area contributed by atoms with Gasteiger partial charge in [0, 0.05) is 49.8 Å². The van der Waals surface area contributed by atoms with Crippen LogP contribution in [0, 0.1) is 10.1 Å². The zero-order valence-corrected chi connectivity index (χ0v) is 23.6. The molecule has 2 aromatic carbocycles. The van der Waals surface area contributed by atoms with Crippen molar-refractivity contribution in [2.24, 2.45) is 0 Å². The summed E-state index contributed by atoms with van der Waals surface area (Å²) in [6, 6.07) is 9.66. The molecule has 1 saturated heterocycles. The van der Waals surface area contributed by atoms with E-state index in [4.69, 9.17) is 16.3 Å². The summed E-state index contributed by atoms with van der Waals surface area (Å²) < 4.78 is 5.59. The van der Waals surface area contributed by atoms with Crippen LogP contribution in [0.25, 0.3) is 0 Å². The van der Waals surface area contributed by atoms with Gasteiger partial charge in [-0.1, -0.05) is 35.9 Å². The fourth-order valence-corrected chi connectivity index (χ4v) is 4.57. The fraction of sp³-hybridized carbons (Fsp3) is 0.345. The lowest BCUT2D eigenvalue weighted by Crippen LogP contribution is -2.60. The van der Waals surface area contributed by atoms with E-state index >= 15 is 0 Å². The third kappa shape index (κ3) is 7.26. The standard InChI is InChI=1S/C29H33ClN4O6/c1-6-14-31(15-7-2)23-13-10-21(30)19-24(23)32-16-17-33(27(36)26(32)35)25(28(37)40-29(3,4)5)18-20-8-11-22(12-9-20)34(38)39/h6-13,19,25H,1-2,14-18H2,3-5H3. The maximum atomic E-state index is 13.5. The Kier molecular flexibility index (Phi) is 9.70. The lowest BCUT2D eigenvalue weighted by Gasteiger charge is -2.39. The molecule has 0 N–H and O–H groups in total. The van der Waals surface area contributed by atoms with Crippen LogP contribution >= 0.6 is 11.6 Å². The first kappa shape index (κ1) is 30.4. The van der Waals surface area contributed by atoms with Gasteiger partial charge in [0.1, 0.15) is 11.6 Å². The van der Waals surface area contributed by atoms with E-state index in [1.807, 2.05) is 4.90 Å². The highest BCUT2D eigenvalue weighted by molar-refractivity contribution is 6.41. The molecule has 0 saturated carbocycles. The van der Waals surface area contributed by atoms with E-state index < -0.39 is 34.3 Å². The summed E-state index contributed by atoms with van der Waals surface area (Å²) in [7, 11) is 0. The monoisotopic (exact) mass is 568 g/mol. The number of halogens is 1. The van der Waals surface area contributed by atoms with Gasteiger partial charge in [-0.15, -0.1) is 13.2 Å². The Morgan fingerprint density at radius 1 is 1.10 bits per heavy atom. The molecule has 0 spiro atoms. The first-order valence-corrected chi connectivity index (χ1v) is 13.1. The minimum atomic E-state index is -1.11. The SMILES string of the molecule is C=CCN(CC=C)c1ccc(Cl)cc1N1CCN(C(Cc2ccc([N+](=O)[O-])cc2)C(=O)OC(C)(C)C)C(=O)C1=O. The topological polar surface area (TPSA) is 113 Å². The molecule has 1 fully saturated rings. The molecule has 1 heterocycles. The number of esters is 1. The molecular weight excluding hydrogens is 536 g/mol. The summed E-state index contributed by atoms with van der Waals surface area (Å²) in [4.78, 5) is 55.4. The van der Waals surface area contributed by atoms with Crippen molar-refractivity contribution in [1.29, 1.82) is 0 Å². The third-order valence-electron chi connectivity index (χ3n) is 6.15. The summed E-state index contributed by atoms with van der Waals surface area (Å²) in [5, 5.41) is 11.4. The van der Waals surface area contributed by atoms with Crippen LogP contribution in [-0.2, 0) is 25.5 Å². The predicted octanol–water partition coefficient (Wildman–Crippen LogP) is 4.55. The largest absolute Gasteiger partial charge is 0.458 e. The molecule has 2 amide bonds. The molecule has 1 aliphatic rings. The predicted molar refractivity (Wildman–Crippen MR) is 155 cm³/mol. The number of carbonyl (C=O) groups is 3. The summed E-state index contributed by atoms with van der Waals surface area (Å²) in [5.41, 5.74) is 0.768. The first-order chi connectivity index (χ1) is 18.9. The molecule has 3 rings (SSSR count). The Hall–Kier alpha value is -4.18. The number of nitrogens with zero attached hydrogens (tertiary/aromatic N) is 4. The van der Waals surface area contributed by atoms with Crippen molar-refractivity contribution in [2.75, 3.05) is 36.0 Å². The van der Waals surface area contributed by atoms with Crippen LogP contribution in [0.4, 0.5) is 17.1 Å². The number of benzene rings is 2. The number of non-ortho nitro benzene ring substituents is 1. The van der Waals surface area contributed by atoms with Gasteiger partial charge in [-0.05, 0) is 44.5 Å². The second-order valence-electron chi connectivity index (χ2n) is 10.2. The Balaban J connectivity index is 1.94. The maximum absolute atomic E-state index is 13.5. The number of rotatable bonds is 11. The van der Waals surface area contributed by atoms with Crippen LogP contribution in [-0.4, -0.2) is 65.4 Å². The number of hydrogen-bond acceptors (Lipinski definition) is 7. The molecule has 0 bridgehead atoms. The van der Waals surface area contributed by atoms with Gasteiger partial charge in [-0.3, -0.25) is 19.7 Å². The first-order valence-electron chi connectivity index (χ1n) is 12.7. The van der Waals surface area contributed by atoms with Gasteiger partial charge in [0.25, 0.3) is 5.69 Å². The Morgan fingerprint density at radius 3 is 2.27 bits per heavy atom. The number of hydrogen-bond donors (Lipinski definition) is 0. The van der Waals surface area contributed by atoms with Crippen molar-refractivity contribution in [3.8, 4) is 0 Å². The van der Waals surface area contributed by atoms with Gasteiger partial charge in [0.15, 0.2) is 0 Å². The Labute approximate surface area is 238 Å². The minimum absolute atomic E-state index is 0.0147. The van der Waals surface area contributed by atoms with Gasteiger partial charge < -0.3 is 19.4 Å². The highest BCUT2D eigenvalue weighted by atomic mass is 35.5. The van der Waals surface area contributed by atoms with Gasteiger partial charge in [0.2, 0.25) is 0 Å². The fourth-order valence-electron chi connectivity index (χ4n) is 4.41. The van der Waals surface area contributed by atoms with E-state index in [0.29, 0.717) is 35.1 Å². The average molecular weight is 569 g/mol. The molecule has 2 aromatic rings. The van der Waals surface area contributed by atoms with E-state index in [0.717, 1.165) is 0 Å². The van der Waals surface area contributed by atoms with Gasteiger partial charge in [-0.25, -0.2) is 4.79 Å². The average Bonchev–Trinajstić information content (AvgIpc) is 2.88. The van der Waals surface area contributed by atoms with Gasteiger partial charge in [0.05, 0.1) is 16.3 Å². The van der Waals surface area contributed by atoms with Gasteiger partial charge in [-0.2, -0.15) is 0 Å². The molecule has 1 aliphatic heterocycles. The zero-order chi connectivity index (χ0) is 29.6. The molecule has 11 heteroatoms. The van der Waals surface area contributed by atoms with Crippen molar-refractivity contribution < 1.29 is 24.0 Å². The number of anilines is 2. The van der Waals surface area contributed by atoms with Crippen LogP contribution in [0.3, 0.4) is 0 Å². The molecule has 212 valence electrons. The summed E-state index contributed by atoms with van der Waals surface area (Å²) in [6.07, 6.45) is 3.45. The van der Waals surface area contributed by atoms with E-state index in [1.54, 1.807) is 51.1 Å². The summed E-state index contributed by atoms with van der Waals surface area (Å²) in [6.45, 7) is 13.8. The van der Waals surface area contributed by atoms with Crippen LogP contribution < -0.4 is 9.80 Å². The lowest BCUT2D eigenvalue weighted by molar-refractivity contribution is -0.384.